The second kappa shape index (κ2) is 5.47. The minimum atomic E-state index is -0.204. The molecule has 0 aliphatic rings. The molecule has 0 fully saturated rings. The van der Waals surface area contributed by atoms with Crippen molar-refractivity contribution in [2.24, 2.45) is 0 Å². The Morgan fingerprint density at radius 2 is 1.73 bits per heavy atom. The maximum Gasteiger partial charge on any atom is 0.234 e. The van der Waals surface area contributed by atoms with E-state index in [1.165, 1.54) is 0 Å². The Morgan fingerprint density at radius 1 is 1.20 bits per heavy atom. The van der Waals surface area contributed by atoms with Crippen LogP contribution in [0.3, 0.4) is 0 Å². The van der Waals surface area contributed by atoms with Crippen LogP contribution in [0.2, 0.25) is 0 Å². The topological polar surface area (TPSA) is 61.4 Å². The molecule has 0 saturated heterocycles. The average molecular weight is 216 g/mol. The molecular weight excluding hydrogens is 192 g/mol. The molecule has 0 atom stereocenters. The molecule has 1 amide bonds. The van der Waals surface area contributed by atoms with Gasteiger partial charge in [0.2, 0.25) is 5.91 Å². The van der Waals surface area contributed by atoms with Crippen LogP contribution >= 0.6 is 0 Å². The number of aliphatic hydroxyl groups excluding tert-OH is 1. The molecule has 0 spiro atoms. The number of carbonyl (C=O) groups excluding carboxylic acids is 1. The van der Waals surface area contributed by atoms with E-state index >= 15 is 0 Å². The first-order valence-electron chi connectivity index (χ1n) is 5.33. The van der Waals surface area contributed by atoms with Gasteiger partial charge in [-0.15, -0.1) is 0 Å². The van der Waals surface area contributed by atoms with Crippen LogP contribution in [0.5, 0.6) is 0 Å². The molecule has 0 aromatic rings. The van der Waals surface area contributed by atoms with E-state index in [4.69, 9.17) is 5.11 Å². The molecular formula is C11H24N2O2. The van der Waals surface area contributed by atoms with Crippen molar-refractivity contribution in [1.82, 2.24) is 10.6 Å². The Balaban J connectivity index is 3.90. The van der Waals surface area contributed by atoms with E-state index in [1.54, 1.807) is 0 Å². The van der Waals surface area contributed by atoms with Crippen molar-refractivity contribution in [3.8, 4) is 0 Å². The molecule has 4 nitrogen and oxygen atoms in total. The highest BCUT2D eigenvalue weighted by atomic mass is 16.3. The zero-order chi connectivity index (χ0) is 12.1. The van der Waals surface area contributed by atoms with Crippen LogP contribution in [0.15, 0.2) is 0 Å². The normalized spacial score (nSPS) is 12.7. The number of nitrogens with one attached hydrogen (secondary N) is 2. The van der Waals surface area contributed by atoms with Gasteiger partial charge in [-0.05, 0) is 41.0 Å². The van der Waals surface area contributed by atoms with Crippen molar-refractivity contribution in [2.75, 3.05) is 13.2 Å². The second-order valence-electron chi connectivity index (χ2n) is 5.51. The number of carbonyl (C=O) groups is 1. The first-order valence-corrected chi connectivity index (χ1v) is 5.33. The summed E-state index contributed by atoms with van der Waals surface area (Å²) in [5, 5.41) is 14.8. The van der Waals surface area contributed by atoms with Crippen LogP contribution in [0.25, 0.3) is 0 Å². The number of amides is 1. The van der Waals surface area contributed by atoms with Gasteiger partial charge in [-0.3, -0.25) is 4.79 Å². The molecule has 0 radical (unpaired) electrons. The van der Waals surface area contributed by atoms with E-state index in [0.29, 0.717) is 6.42 Å². The van der Waals surface area contributed by atoms with E-state index in [0.717, 1.165) is 0 Å². The summed E-state index contributed by atoms with van der Waals surface area (Å²) in [6, 6.07) is 0. The summed E-state index contributed by atoms with van der Waals surface area (Å²) in [7, 11) is 0. The molecule has 15 heavy (non-hydrogen) atoms. The summed E-state index contributed by atoms with van der Waals surface area (Å²) in [4.78, 5) is 11.5. The van der Waals surface area contributed by atoms with Gasteiger partial charge in [-0.25, -0.2) is 0 Å². The Labute approximate surface area is 92.4 Å². The highest BCUT2D eigenvalue weighted by molar-refractivity contribution is 5.78. The maximum absolute atomic E-state index is 11.5. The molecule has 0 saturated carbocycles. The second-order valence-corrected chi connectivity index (χ2v) is 5.51. The fraction of sp³-hybridized carbons (Fsp3) is 0.909. The Kier molecular flexibility index (Phi) is 5.24. The van der Waals surface area contributed by atoms with Crippen molar-refractivity contribution in [1.29, 1.82) is 0 Å². The Bertz CT molecular complexity index is 207. The number of rotatable bonds is 5. The number of hydrogen-bond acceptors (Lipinski definition) is 3. The summed E-state index contributed by atoms with van der Waals surface area (Å²) >= 11 is 0. The van der Waals surface area contributed by atoms with Gasteiger partial charge in [0.15, 0.2) is 0 Å². The van der Waals surface area contributed by atoms with Crippen LogP contribution in [-0.4, -0.2) is 35.2 Å². The van der Waals surface area contributed by atoms with Crippen molar-refractivity contribution >= 4 is 5.91 Å². The third-order valence-corrected chi connectivity index (χ3v) is 1.98. The Hall–Kier alpha value is -0.610. The van der Waals surface area contributed by atoms with Gasteiger partial charge in [0, 0.05) is 17.7 Å². The molecule has 0 unspecified atom stereocenters. The predicted octanol–water partition coefficient (Wildman–Crippen LogP) is 0.652. The minimum Gasteiger partial charge on any atom is -0.396 e. The largest absolute Gasteiger partial charge is 0.396 e. The van der Waals surface area contributed by atoms with E-state index in [2.05, 4.69) is 10.6 Å². The lowest BCUT2D eigenvalue weighted by molar-refractivity contribution is -0.122. The molecule has 0 rings (SSSR count). The molecule has 90 valence electrons. The zero-order valence-corrected chi connectivity index (χ0v) is 10.5. The van der Waals surface area contributed by atoms with Gasteiger partial charge >= 0.3 is 0 Å². The fourth-order valence-electron chi connectivity index (χ4n) is 1.15. The lowest BCUT2D eigenvalue weighted by atomic mass is 10.0. The third-order valence-electron chi connectivity index (χ3n) is 1.98. The van der Waals surface area contributed by atoms with Crippen molar-refractivity contribution in [3.05, 3.63) is 0 Å². The lowest BCUT2D eigenvalue weighted by Crippen LogP contribution is -2.49. The van der Waals surface area contributed by atoms with Gasteiger partial charge in [-0.1, -0.05) is 0 Å². The summed E-state index contributed by atoms with van der Waals surface area (Å²) in [6.45, 7) is 10.2. The minimum absolute atomic E-state index is 0.0199. The van der Waals surface area contributed by atoms with Crippen molar-refractivity contribution < 1.29 is 9.90 Å². The number of aliphatic hydroxyl groups is 1. The van der Waals surface area contributed by atoms with Gasteiger partial charge in [-0.2, -0.15) is 0 Å². The van der Waals surface area contributed by atoms with E-state index < -0.39 is 0 Å². The molecule has 3 N–H and O–H groups in total. The molecule has 0 aromatic carbocycles. The predicted molar refractivity (Wildman–Crippen MR) is 61.7 cm³/mol. The SMILES string of the molecule is CC(C)(C)NC(=O)CNC(C)(C)CCO. The van der Waals surface area contributed by atoms with E-state index in [9.17, 15) is 4.79 Å². The maximum atomic E-state index is 11.5. The van der Waals surface area contributed by atoms with Crippen molar-refractivity contribution in [3.63, 3.8) is 0 Å². The molecule has 0 heterocycles. The van der Waals surface area contributed by atoms with Crippen LogP contribution < -0.4 is 10.6 Å². The molecule has 0 aliphatic heterocycles. The van der Waals surface area contributed by atoms with Gasteiger partial charge in [0.1, 0.15) is 0 Å². The van der Waals surface area contributed by atoms with E-state index in [1.807, 2.05) is 34.6 Å². The van der Waals surface area contributed by atoms with Gasteiger partial charge < -0.3 is 15.7 Å². The van der Waals surface area contributed by atoms with Crippen LogP contribution in [-0.2, 0) is 4.79 Å². The third kappa shape index (κ3) is 8.39. The van der Waals surface area contributed by atoms with Crippen LogP contribution in [0.4, 0.5) is 0 Å². The average Bonchev–Trinajstić information content (AvgIpc) is 1.98. The van der Waals surface area contributed by atoms with Crippen molar-refractivity contribution in [2.45, 2.75) is 52.1 Å². The summed E-state index contributed by atoms with van der Waals surface area (Å²) < 4.78 is 0. The monoisotopic (exact) mass is 216 g/mol. The van der Waals surface area contributed by atoms with Crippen LogP contribution in [0.1, 0.15) is 41.0 Å². The summed E-state index contributed by atoms with van der Waals surface area (Å²) in [5.41, 5.74) is -0.399. The fourth-order valence-corrected chi connectivity index (χ4v) is 1.15. The molecule has 0 aliphatic carbocycles. The smallest absolute Gasteiger partial charge is 0.234 e. The highest BCUT2D eigenvalue weighted by Gasteiger charge is 2.19. The highest BCUT2D eigenvalue weighted by Crippen LogP contribution is 2.06. The first kappa shape index (κ1) is 14.4. The zero-order valence-electron chi connectivity index (χ0n) is 10.5. The molecule has 4 heteroatoms. The lowest BCUT2D eigenvalue weighted by Gasteiger charge is -2.27. The van der Waals surface area contributed by atoms with E-state index in [-0.39, 0.29) is 30.1 Å². The standard InChI is InChI=1S/C11H24N2O2/c1-10(2,3)13-9(15)8-12-11(4,5)6-7-14/h12,14H,6-8H2,1-5H3,(H,13,15). The first-order chi connectivity index (χ1) is 6.66. The number of hydrogen-bond donors (Lipinski definition) is 3. The summed E-state index contributed by atoms with van der Waals surface area (Å²) in [6.07, 6.45) is 0.635. The molecule has 0 aromatic heterocycles. The van der Waals surface area contributed by atoms with Gasteiger partial charge in [0.05, 0.1) is 6.54 Å². The van der Waals surface area contributed by atoms with Crippen LogP contribution in [0, 0.1) is 0 Å². The summed E-state index contributed by atoms with van der Waals surface area (Å²) in [5.74, 6) is -0.0199. The molecule has 0 bridgehead atoms. The quantitative estimate of drug-likeness (QED) is 0.632. The van der Waals surface area contributed by atoms with Gasteiger partial charge in [0.25, 0.3) is 0 Å². The Morgan fingerprint density at radius 3 is 2.13 bits per heavy atom.